The monoisotopic (exact) mass is 1220 g/mol. The van der Waals surface area contributed by atoms with E-state index >= 15 is 0 Å². The summed E-state index contributed by atoms with van der Waals surface area (Å²) in [5.41, 5.74) is 2.13. The first kappa shape index (κ1) is 58.8. The van der Waals surface area contributed by atoms with E-state index in [1.807, 2.05) is 64.1 Å². The van der Waals surface area contributed by atoms with Crippen LogP contribution in [0.15, 0.2) is 20.1 Å². The van der Waals surface area contributed by atoms with Crippen LogP contribution in [0.4, 0.5) is 0 Å². The summed E-state index contributed by atoms with van der Waals surface area (Å²) in [5, 5.41) is 8.65. The number of Topliss-reactive ketones (excluding diaryl/α,β-unsaturated/α-hetero) is 1. The minimum absolute atomic E-state index is 0. The largest absolute Gasteiger partial charge is 0.468 e. The number of methoxy groups -OCH3 is 1. The molecule has 2 radical (unpaired) electrons. The van der Waals surface area contributed by atoms with Gasteiger partial charge in [-0.3, -0.25) is 19.3 Å². The average Bonchev–Trinajstić information content (AvgIpc) is 3.69. The Balaban J connectivity index is -0.0000000674. The van der Waals surface area contributed by atoms with Crippen LogP contribution < -0.4 is 0 Å². The standard InChI is InChI=1S/C7H10O3.C6H9BrO.C6H7BrO.3C2H6.CHI3.CH2I.2V/c1-10-7(9)5-3-2-4-6(5)8;2*7-6-3-1-2-5(6)4-8;3*1-2;2-1(3)4;1-2;;/h5H,2-4H2,1H3;8H,1-4H2;4H,1-3H2;3*1-2H3;1H;1H2;;/q;;;;;;;-1;;. The Kier molecular flexibility index (Phi) is 68.7. The number of allylic oxidation sites excluding steroid dienone is 3. The molecule has 1 atom stereocenters. The van der Waals surface area contributed by atoms with Crippen molar-refractivity contribution in [3.8, 4) is 0 Å². The van der Waals surface area contributed by atoms with Gasteiger partial charge in [-0.25, -0.2) is 0 Å². The second kappa shape index (κ2) is 46.7. The van der Waals surface area contributed by atoms with Crippen molar-refractivity contribution in [3.63, 3.8) is 0 Å². The maximum Gasteiger partial charge on any atom is 0.316 e. The molecule has 0 aliphatic heterocycles. The van der Waals surface area contributed by atoms with E-state index in [1.54, 1.807) is 0 Å². The average molecular weight is 1220 g/mol. The molecule has 1 fully saturated rings. The van der Waals surface area contributed by atoms with Gasteiger partial charge in [-0.05, 0) is 61.4 Å². The van der Waals surface area contributed by atoms with Gasteiger partial charge in [0.25, 0.3) is 0 Å². The molecule has 3 rings (SSSR count). The predicted molar refractivity (Wildman–Crippen MR) is 206 cm³/mol. The number of aliphatic hydroxyl groups is 1. The topological polar surface area (TPSA) is 80.7 Å². The van der Waals surface area contributed by atoms with Crippen LogP contribution in [0.5, 0.6) is 0 Å². The third-order valence-corrected chi connectivity index (χ3v) is 6.44. The number of carbonyl (C=O) groups is 3. The number of hydrogen-bond acceptors (Lipinski definition) is 5. The first-order valence-corrected chi connectivity index (χ1v) is 19.6. The number of esters is 1. The summed E-state index contributed by atoms with van der Waals surface area (Å²) in [4.78, 5) is 35.0. The van der Waals surface area contributed by atoms with Crippen LogP contribution in [-0.4, -0.2) is 36.8 Å². The van der Waals surface area contributed by atoms with Crippen LogP contribution in [0.3, 0.4) is 0 Å². The Morgan fingerprint density at radius 3 is 1.55 bits per heavy atom. The van der Waals surface area contributed by atoms with Gasteiger partial charge in [0, 0.05) is 53.6 Å². The van der Waals surface area contributed by atoms with Crippen molar-refractivity contribution in [1.29, 1.82) is 0 Å². The Hall–Kier alpha value is 3.30. The molecule has 0 aromatic carbocycles. The SMILES string of the molecule is CC.CC.CC.COC(=O)C1CCCC1=O.IC(I)I.O=CC1=C(Br)CCC1.OCC1=C(Br)CCC1.[CH2-]I.[V].[V]. The number of ether oxygens (including phenoxy) is 1. The number of carbonyl (C=O) groups excluding carboxylic acids is 3. The van der Waals surface area contributed by atoms with Gasteiger partial charge >= 0.3 is 5.97 Å². The van der Waals surface area contributed by atoms with Crippen LogP contribution in [0.25, 0.3) is 0 Å². The Bertz CT molecular complexity index is 652. The van der Waals surface area contributed by atoms with Crippen molar-refractivity contribution in [1.82, 2.24) is 0 Å². The molecule has 0 aromatic rings. The first-order chi connectivity index (χ1) is 18.2. The molecule has 40 heavy (non-hydrogen) atoms. The summed E-state index contributed by atoms with van der Waals surface area (Å²) in [7, 11) is 1.31. The molecule has 0 bridgehead atoms. The van der Waals surface area contributed by atoms with Gasteiger partial charge in [-0.15, -0.1) is 0 Å². The van der Waals surface area contributed by atoms with Crippen molar-refractivity contribution >= 4 is 140 Å². The summed E-state index contributed by atoms with van der Waals surface area (Å²) in [6, 6.07) is 0. The van der Waals surface area contributed by atoms with Crippen molar-refractivity contribution in [3.05, 3.63) is 25.0 Å². The van der Waals surface area contributed by atoms with E-state index < -0.39 is 5.92 Å². The van der Waals surface area contributed by atoms with Crippen LogP contribution in [0, 0.1) is 10.8 Å². The molecule has 1 saturated carbocycles. The molecule has 13 heteroatoms. The number of hydrogen-bond donors (Lipinski definition) is 1. The molecular formula is C27H47Br2I4O5V2-. The summed E-state index contributed by atoms with van der Waals surface area (Å²) >= 11 is 15.5. The van der Waals surface area contributed by atoms with Crippen molar-refractivity contribution in [2.45, 2.75) is 99.3 Å². The van der Waals surface area contributed by atoms with Gasteiger partial charge in [-0.2, -0.15) is 0 Å². The molecule has 0 heterocycles. The van der Waals surface area contributed by atoms with Gasteiger partial charge in [0.15, 0.2) is 0 Å². The molecular weight excluding hydrogens is 1170 g/mol. The molecule has 5 nitrogen and oxygen atoms in total. The molecule has 3 aliphatic carbocycles. The van der Waals surface area contributed by atoms with E-state index in [2.05, 4.69) is 109 Å². The molecule has 3 aliphatic rings. The maximum atomic E-state index is 10.9. The number of ketones is 1. The second-order valence-corrected chi connectivity index (χ2v) is 19.4. The first-order valence-electron chi connectivity index (χ1n) is 12.8. The number of alkyl halides is 3. The van der Waals surface area contributed by atoms with E-state index in [1.165, 1.54) is 23.6 Å². The Morgan fingerprint density at radius 2 is 1.35 bits per heavy atom. The molecule has 0 saturated heterocycles. The van der Waals surface area contributed by atoms with Crippen molar-refractivity contribution < 1.29 is 61.3 Å². The van der Waals surface area contributed by atoms with E-state index in [-0.39, 0.29) is 55.5 Å². The van der Waals surface area contributed by atoms with Crippen LogP contribution >= 0.6 is 122 Å². The molecule has 238 valence electrons. The molecule has 0 aromatic heterocycles. The van der Waals surface area contributed by atoms with E-state index in [0.717, 1.165) is 54.8 Å². The van der Waals surface area contributed by atoms with Gasteiger partial charge in [-0.1, -0.05) is 141 Å². The third-order valence-electron chi connectivity index (χ3n) is 4.57. The minimum atomic E-state index is -0.454. The number of rotatable bonds is 3. The zero-order valence-corrected chi connectivity index (χ0v) is 39.3. The second-order valence-electron chi connectivity index (χ2n) is 6.60. The summed E-state index contributed by atoms with van der Waals surface area (Å²) < 4.78 is 7.51. The zero-order valence-electron chi connectivity index (χ0n) is 24.8. The number of aldehydes is 1. The van der Waals surface area contributed by atoms with Crippen LogP contribution in [0.1, 0.15) is 99.3 Å². The van der Waals surface area contributed by atoms with Gasteiger partial charge in [0.05, 0.1) is 13.7 Å². The fraction of sp³-hybridized carbons (Fsp3) is 0.704. The minimum Gasteiger partial charge on any atom is -0.468 e. The summed E-state index contributed by atoms with van der Waals surface area (Å²) in [6.07, 6.45) is 9.54. The van der Waals surface area contributed by atoms with Gasteiger partial charge in [0.2, 0.25) is 0 Å². The normalized spacial score (nSPS) is 15.7. The molecule has 1 unspecified atom stereocenters. The smallest absolute Gasteiger partial charge is 0.316 e. The predicted octanol–water partition coefficient (Wildman–Crippen LogP) is 11.2. The Labute approximate surface area is 340 Å². The zero-order chi connectivity index (χ0) is 31.1. The van der Waals surface area contributed by atoms with Crippen LogP contribution in [0.2, 0.25) is 0 Å². The molecule has 0 spiro atoms. The van der Waals surface area contributed by atoms with Crippen LogP contribution in [-0.2, 0) is 56.2 Å². The van der Waals surface area contributed by atoms with Crippen molar-refractivity contribution in [2.24, 2.45) is 5.92 Å². The molecule has 0 amide bonds. The summed E-state index contributed by atoms with van der Waals surface area (Å²) in [6.45, 7) is 12.2. The van der Waals surface area contributed by atoms with E-state index in [0.29, 0.717) is 12.8 Å². The quantitative estimate of drug-likeness (QED) is 0.0761. The third kappa shape index (κ3) is 35.8. The van der Waals surface area contributed by atoms with Gasteiger partial charge < -0.3 is 32.4 Å². The van der Waals surface area contributed by atoms with Gasteiger partial charge in [0.1, 0.15) is 17.9 Å². The van der Waals surface area contributed by atoms with E-state index in [9.17, 15) is 14.4 Å². The fourth-order valence-corrected chi connectivity index (χ4v) is 4.17. The summed E-state index contributed by atoms with van der Waals surface area (Å²) in [5.74, 6) is -0.792. The molecule has 1 N–H and O–H groups in total. The van der Waals surface area contributed by atoms with Crippen molar-refractivity contribution in [2.75, 3.05) is 13.7 Å². The maximum absolute atomic E-state index is 10.9. The fourth-order valence-electron chi connectivity index (χ4n) is 2.99. The Morgan fingerprint density at radius 1 is 0.925 bits per heavy atom. The van der Waals surface area contributed by atoms with E-state index in [4.69, 9.17) is 5.11 Å². The number of halogens is 6. The number of aliphatic hydroxyl groups excluding tert-OH is 1.